The van der Waals surface area contributed by atoms with Crippen LogP contribution in [0.3, 0.4) is 0 Å². The number of amides is 1. The van der Waals surface area contributed by atoms with Crippen LogP contribution in [0, 0.1) is 11.7 Å². The minimum Gasteiger partial charge on any atom is -0.486 e. The Balaban J connectivity index is 1.50. The third-order valence-corrected chi connectivity index (χ3v) is 7.79. The van der Waals surface area contributed by atoms with Gasteiger partial charge in [-0.3, -0.25) is 4.79 Å². The van der Waals surface area contributed by atoms with E-state index in [2.05, 4.69) is 5.32 Å². The molecule has 5 rings (SSSR count). The van der Waals surface area contributed by atoms with Crippen molar-refractivity contribution in [3.63, 3.8) is 0 Å². The van der Waals surface area contributed by atoms with E-state index >= 15 is 0 Å². The molecule has 0 aliphatic heterocycles. The van der Waals surface area contributed by atoms with Crippen LogP contribution in [0.1, 0.15) is 81.6 Å². The second-order valence-electron chi connectivity index (χ2n) is 10.3. The van der Waals surface area contributed by atoms with Crippen molar-refractivity contribution in [3.8, 4) is 5.75 Å². The maximum Gasteiger partial charge on any atom is 0.243 e. The van der Waals surface area contributed by atoms with E-state index in [-0.39, 0.29) is 36.9 Å². The van der Waals surface area contributed by atoms with Gasteiger partial charge >= 0.3 is 0 Å². The zero-order valence-corrected chi connectivity index (χ0v) is 20.8. The number of aromatic nitrogens is 2. The van der Waals surface area contributed by atoms with E-state index in [1.807, 2.05) is 28.8 Å². The van der Waals surface area contributed by atoms with E-state index in [1.165, 1.54) is 25.0 Å². The fourth-order valence-corrected chi connectivity index (χ4v) is 5.89. The average Bonchev–Trinajstić information content (AvgIpc) is 3.26. The topological polar surface area (TPSA) is 76.4 Å². The molecule has 2 saturated carbocycles. The van der Waals surface area contributed by atoms with Crippen molar-refractivity contribution in [2.75, 3.05) is 0 Å². The largest absolute Gasteiger partial charge is 0.486 e. The molecule has 1 amide bonds. The Hall–Kier alpha value is -2.93. The minimum atomic E-state index is -0.450. The number of ether oxygens (including phenoxy) is 1. The summed E-state index contributed by atoms with van der Waals surface area (Å²) < 4.78 is 22.5. The van der Waals surface area contributed by atoms with Crippen LogP contribution in [0.15, 0.2) is 42.5 Å². The predicted molar refractivity (Wildman–Crippen MR) is 137 cm³/mol. The Morgan fingerprint density at radius 2 is 1.72 bits per heavy atom. The molecule has 2 aliphatic rings. The van der Waals surface area contributed by atoms with Gasteiger partial charge in [-0.2, -0.15) is 0 Å². The van der Waals surface area contributed by atoms with Gasteiger partial charge in [0.15, 0.2) is 0 Å². The number of imidazole rings is 1. The number of carbonyl (C=O) groups is 1. The number of nitrogens with zero attached hydrogens (tertiary/aromatic N) is 2. The van der Waals surface area contributed by atoms with Crippen molar-refractivity contribution < 1.29 is 19.0 Å². The lowest BCUT2D eigenvalue weighted by molar-refractivity contribution is -0.127. The predicted octanol–water partition coefficient (Wildman–Crippen LogP) is 5.82. The van der Waals surface area contributed by atoms with Gasteiger partial charge in [0, 0.05) is 6.04 Å². The van der Waals surface area contributed by atoms with Crippen LogP contribution in [0.4, 0.5) is 4.39 Å². The molecular weight excluding hydrogens is 457 g/mol. The number of nitrogens with one attached hydrogen (secondary N) is 1. The summed E-state index contributed by atoms with van der Waals surface area (Å²) in [5.74, 6) is 1.12. The van der Waals surface area contributed by atoms with Gasteiger partial charge in [-0.25, -0.2) is 9.37 Å². The normalized spacial score (nSPS) is 18.3. The fraction of sp³-hybridized carbons (Fsp3) is 0.517. The number of carbonyl (C=O) groups excluding carboxylic acids is 1. The lowest BCUT2D eigenvalue weighted by Gasteiger charge is -2.33. The van der Waals surface area contributed by atoms with Crippen molar-refractivity contribution in [1.82, 2.24) is 14.9 Å². The molecule has 192 valence electrons. The Labute approximate surface area is 211 Å². The van der Waals surface area contributed by atoms with Gasteiger partial charge in [-0.1, -0.05) is 50.7 Å². The molecule has 6 nitrogen and oxygen atoms in total. The molecule has 1 aromatic heterocycles. The molecule has 0 saturated heterocycles. The minimum absolute atomic E-state index is 0.0194. The number of aliphatic hydroxyl groups is 1. The molecule has 0 radical (unpaired) electrons. The number of halogens is 1. The highest BCUT2D eigenvalue weighted by Crippen LogP contribution is 2.37. The van der Waals surface area contributed by atoms with Gasteiger partial charge in [-0.15, -0.1) is 0 Å². The molecular formula is C29H36FN3O3. The first-order chi connectivity index (χ1) is 17.6. The van der Waals surface area contributed by atoms with Crippen LogP contribution in [0.25, 0.3) is 11.0 Å². The molecule has 1 heterocycles. The molecule has 1 unspecified atom stereocenters. The first-order valence-electron chi connectivity index (χ1n) is 13.4. The summed E-state index contributed by atoms with van der Waals surface area (Å²) in [5.41, 5.74) is 2.11. The van der Waals surface area contributed by atoms with Crippen LogP contribution >= 0.6 is 0 Å². The number of aliphatic hydroxyl groups excluding tert-OH is 1. The molecule has 2 aliphatic carbocycles. The van der Waals surface area contributed by atoms with Gasteiger partial charge < -0.3 is 19.7 Å². The lowest BCUT2D eigenvalue weighted by atomic mass is 9.83. The molecule has 0 bridgehead atoms. The summed E-state index contributed by atoms with van der Waals surface area (Å²) in [5, 5.41) is 12.7. The van der Waals surface area contributed by atoms with E-state index in [0.29, 0.717) is 22.6 Å². The molecule has 2 fully saturated rings. The molecule has 3 aromatic rings. The molecule has 0 spiro atoms. The molecule has 2 aromatic carbocycles. The van der Waals surface area contributed by atoms with Gasteiger partial charge in [0.25, 0.3) is 0 Å². The highest BCUT2D eigenvalue weighted by atomic mass is 19.1. The smallest absolute Gasteiger partial charge is 0.243 e. The molecule has 7 heteroatoms. The zero-order chi connectivity index (χ0) is 24.9. The second-order valence-corrected chi connectivity index (χ2v) is 10.3. The molecule has 1 atom stereocenters. The van der Waals surface area contributed by atoms with Crippen LogP contribution in [-0.2, 0) is 18.0 Å². The van der Waals surface area contributed by atoms with Crippen molar-refractivity contribution in [2.24, 2.45) is 5.92 Å². The number of fused-ring (bicyclic) bond motifs is 1. The van der Waals surface area contributed by atoms with E-state index in [0.717, 1.165) is 56.9 Å². The number of hydrogen-bond donors (Lipinski definition) is 2. The maximum atomic E-state index is 14.4. The van der Waals surface area contributed by atoms with Crippen LogP contribution < -0.4 is 10.1 Å². The molecule has 36 heavy (non-hydrogen) atoms. The van der Waals surface area contributed by atoms with Crippen molar-refractivity contribution in [3.05, 3.63) is 59.7 Å². The monoisotopic (exact) mass is 493 g/mol. The first-order valence-corrected chi connectivity index (χ1v) is 13.4. The highest BCUT2D eigenvalue weighted by molar-refractivity contribution is 5.85. The van der Waals surface area contributed by atoms with E-state index < -0.39 is 6.04 Å². The SMILES string of the molecule is O=C(NC1CCCCC1)C(C1CCCCC1)n1c(COc2ccc(CO)cc2)nc2ccc(F)cc21. The van der Waals surface area contributed by atoms with Crippen LogP contribution in [0.2, 0.25) is 0 Å². The zero-order valence-electron chi connectivity index (χ0n) is 20.8. The standard InChI is InChI=1S/C29H36FN3O3/c30-22-13-16-25-26(17-22)33(27(32-25)19-36-24-14-11-20(18-34)12-15-24)28(21-7-3-1-4-8-21)29(35)31-23-9-5-2-6-10-23/h11-17,21,23,28,34H,1-10,18-19H2,(H,31,35). The quantitative estimate of drug-likeness (QED) is 0.415. The summed E-state index contributed by atoms with van der Waals surface area (Å²) in [6, 6.07) is 11.6. The van der Waals surface area contributed by atoms with E-state index in [4.69, 9.17) is 9.72 Å². The van der Waals surface area contributed by atoms with Crippen molar-refractivity contribution >= 4 is 16.9 Å². The third kappa shape index (κ3) is 5.56. The van der Waals surface area contributed by atoms with Gasteiger partial charge in [0.1, 0.15) is 30.0 Å². The Kier molecular flexibility index (Phi) is 7.85. The summed E-state index contributed by atoms with van der Waals surface area (Å²) in [4.78, 5) is 18.7. The Morgan fingerprint density at radius 1 is 1.03 bits per heavy atom. The summed E-state index contributed by atoms with van der Waals surface area (Å²) in [7, 11) is 0. The first kappa shape index (κ1) is 24.8. The fourth-order valence-electron chi connectivity index (χ4n) is 5.89. The third-order valence-electron chi connectivity index (χ3n) is 7.79. The number of hydrogen-bond acceptors (Lipinski definition) is 4. The van der Waals surface area contributed by atoms with Crippen molar-refractivity contribution in [2.45, 2.75) is 89.5 Å². The second kappa shape index (κ2) is 11.4. The van der Waals surface area contributed by atoms with Gasteiger partial charge in [0.2, 0.25) is 5.91 Å². The van der Waals surface area contributed by atoms with Gasteiger partial charge in [-0.05, 0) is 67.5 Å². The van der Waals surface area contributed by atoms with Crippen molar-refractivity contribution in [1.29, 1.82) is 0 Å². The Morgan fingerprint density at radius 3 is 2.42 bits per heavy atom. The summed E-state index contributed by atoms with van der Waals surface area (Å²) in [6.07, 6.45) is 10.9. The van der Waals surface area contributed by atoms with E-state index in [1.54, 1.807) is 6.07 Å². The van der Waals surface area contributed by atoms with E-state index in [9.17, 15) is 14.3 Å². The van der Waals surface area contributed by atoms with Gasteiger partial charge in [0.05, 0.1) is 17.6 Å². The number of rotatable bonds is 8. The van der Waals surface area contributed by atoms with Crippen LogP contribution in [-0.4, -0.2) is 26.6 Å². The Bertz CT molecular complexity index is 1160. The summed E-state index contributed by atoms with van der Waals surface area (Å²) in [6.45, 7) is 0.134. The molecule has 2 N–H and O–H groups in total. The summed E-state index contributed by atoms with van der Waals surface area (Å²) >= 11 is 0. The van der Waals surface area contributed by atoms with Crippen LogP contribution in [0.5, 0.6) is 5.75 Å². The maximum absolute atomic E-state index is 14.4. The lowest BCUT2D eigenvalue weighted by Crippen LogP contribution is -2.44. The number of benzene rings is 2. The average molecular weight is 494 g/mol. The highest BCUT2D eigenvalue weighted by Gasteiger charge is 2.35.